The number of anilines is 1. The molecule has 4 fully saturated rings. The number of pyridine rings is 1. The molecule has 0 aliphatic carbocycles. The fraction of sp³-hybridized carbons (Fsp3) is 0.429. The molecule has 2 aromatic carbocycles. The topological polar surface area (TPSA) is 120 Å². The molecule has 14 heteroatoms. The van der Waals surface area contributed by atoms with Crippen LogP contribution >= 0.6 is 0 Å². The number of fused-ring (bicyclic) bond motifs is 5. The minimum atomic E-state index is -0.956. The van der Waals surface area contributed by atoms with Gasteiger partial charge >= 0.3 is 242 Å². The summed E-state index contributed by atoms with van der Waals surface area (Å²) in [6.07, 6.45) is 7.66. The van der Waals surface area contributed by atoms with E-state index in [1.165, 1.54) is 31.4 Å². The van der Waals surface area contributed by atoms with E-state index in [0.29, 0.717) is 37.3 Å². The summed E-state index contributed by atoms with van der Waals surface area (Å²) in [6, 6.07) is 5.44. The summed E-state index contributed by atoms with van der Waals surface area (Å²) < 4.78 is 61.4. The summed E-state index contributed by atoms with van der Waals surface area (Å²) in [4.78, 5) is 18.1. The van der Waals surface area contributed by atoms with Gasteiger partial charge in [0.05, 0.1) is 0 Å². The number of terminal acetylenes is 1. The zero-order valence-corrected chi connectivity index (χ0v) is 28.7. The van der Waals surface area contributed by atoms with E-state index in [1.807, 2.05) is 4.90 Å². The number of phenols is 1. The molecule has 2 N–H and O–H groups in total. The third kappa shape index (κ3) is 5.36. The monoisotopic (exact) mass is 782 g/mol. The van der Waals surface area contributed by atoms with E-state index >= 15 is 4.39 Å². The SMILES string of the molecule is C#Cc1c(F)ccc2cc(O)cc(-c3nc(OC)c4c(N5CC6CC([I-]C#N)C(C5)N6)nc(OC[C@]56CCCN5C[C@@H](F)C6)nc4c3F)c12. The summed E-state index contributed by atoms with van der Waals surface area (Å²) >= 11 is -0.667. The fourth-order valence-corrected chi connectivity index (χ4v) is 10.4. The number of benzene rings is 2. The molecule has 2 aromatic heterocycles. The maximum atomic E-state index is 17.1. The molecule has 49 heavy (non-hydrogen) atoms. The average molecular weight is 783 g/mol. The Hall–Kier alpha value is -4.12. The van der Waals surface area contributed by atoms with Gasteiger partial charge in [0, 0.05) is 0 Å². The van der Waals surface area contributed by atoms with Gasteiger partial charge in [0.1, 0.15) is 5.82 Å². The van der Waals surface area contributed by atoms with Crippen LogP contribution in [0.5, 0.6) is 17.6 Å². The first kappa shape index (κ1) is 32.1. The molecule has 2 bridgehead atoms. The van der Waals surface area contributed by atoms with Crippen molar-refractivity contribution in [2.45, 2.75) is 53.4 Å². The van der Waals surface area contributed by atoms with Gasteiger partial charge in [-0.2, -0.15) is 0 Å². The number of phenolic OH excluding ortho intramolecular Hbond substituents is 1. The molecule has 3 unspecified atom stereocenters. The van der Waals surface area contributed by atoms with Crippen LogP contribution in [0.4, 0.5) is 19.0 Å². The van der Waals surface area contributed by atoms with Gasteiger partial charge in [-0.15, -0.1) is 6.42 Å². The van der Waals surface area contributed by atoms with E-state index in [9.17, 15) is 19.1 Å². The molecule has 0 radical (unpaired) electrons. The Morgan fingerprint density at radius 3 is 2.84 bits per heavy atom. The number of alkyl halides is 2. The molecular weight excluding hydrogens is 750 g/mol. The molecule has 4 aromatic rings. The molecule has 0 spiro atoms. The van der Waals surface area contributed by atoms with E-state index in [1.54, 1.807) is 0 Å². The zero-order chi connectivity index (χ0) is 34.0. The Kier molecular flexibility index (Phi) is 8.08. The van der Waals surface area contributed by atoms with Crippen LogP contribution in [-0.2, 0) is 0 Å². The van der Waals surface area contributed by atoms with Gasteiger partial charge in [0.2, 0.25) is 0 Å². The van der Waals surface area contributed by atoms with Crippen molar-refractivity contribution in [1.82, 2.24) is 25.2 Å². The van der Waals surface area contributed by atoms with E-state index < -0.39 is 44.6 Å². The molecule has 10 nitrogen and oxygen atoms in total. The van der Waals surface area contributed by atoms with Crippen LogP contribution in [0.15, 0.2) is 24.3 Å². The second-order valence-electron chi connectivity index (χ2n) is 13.2. The molecule has 0 amide bonds. The van der Waals surface area contributed by atoms with Crippen LogP contribution in [0.1, 0.15) is 31.2 Å². The van der Waals surface area contributed by atoms with Gasteiger partial charge in [-0.1, -0.05) is 12.0 Å². The number of nitrogens with one attached hydrogen (secondary N) is 1. The first-order valence-corrected chi connectivity index (χ1v) is 18.5. The normalized spacial score (nSPS) is 26.3. The number of piperazine rings is 1. The Morgan fingerprint density at radius 2 is 2.04 bits per heavy atom. The van der Waals surface area contributed by atoms with Gasteiger partial charge in [-0.3, -0.25) is 0 Å². The molecule has 4 saturated heterocycles. The van der Waals surface area contributed by atoms with E-state index in [4.69, 9.17) is 20.9 Å². The van der Waals surface area contributed by atoms with Crippen LogP contribution in [0.25, 0.3) is 32.9 Å². The summed E-state index contributed by atoms with van der Waals surface area (Å²) in [6.45, 7) is 2.33. The summed E-state index contributed by atoms with van der Waals surface area (Å²) in [5.74, 6) is 1.02. The van der Waals surface area contributed by atoms with Crippen LogP contribution in [0.3, 0.4) is 0 Å². The number of nitriles is 1. The number of nitrogens with zero attached hydrogens (tertiary/aromatic N) is 6. The third-order valence-corrected chi connectivity index (χ3v) is 12.8. The van der Waals surface area contributed by atoms with Gasteiger partial charge in [-0.25, -0.2) is 8.78 Å². The predicted molar refractivity (Wildman–Crippen MR) is 172 cm³/mol. The number of hydrogen-bond acceptors (Lipinski definition) is 10. The van der Waals surface area contributed by atoms with Crippen LogP contribution in [0.2, 0.25) is 0 Å². The zero-order valence-electron chi connectivity index (χ0n) is 26.5. The van der Waals surface area contributed by atoms with Crippen molar-refractivity contribution in [1.29, 1.82) is 5.26 Å². The van der Waals surface area contributed by atoms with E-state index in [-0.39, 0.29) is 73.4 Å². The van der Waals surface area contributed by atoms with Crippen molar-refractivity contribution in [3.05, 3.63) is 41.5 Å². The maximum absolute atomic E-state index is 17.1. The van der Waals surface area contributed by atoms with Crippen molar-refractivity contribution in [3.8, 4) is 45.3 Å². The second-order valence-corrected chi connectivity index (χ2v) is 15.9. The Bertz CT molecular complexity index is 2090. The molecule has 6 heterocycles. The average Bonchev–Trinajstić information content (AvgIpc) is 3.71. The van der Waals surface area contributed by atoms with Crippen LogP contribution in [0, 0.1) is 33.3 Å². The number of methoxy groups -OCH3 is 1. The third-order valence-electron chi connectivity index (χ3n) is 10.3. The predicted octanol–water partition coefficient (Wildman–Crippen LogP) is 1.26. The standard InChI is InChI=1S/C35H32F3IN7O3/c1-3-22-24(37)6-5-18-9-21(47)11-23(27(18)22)30-29(38)31-28(33(42-30)48-2)32(45-14-20-10-25(39-17-40)26(15-45)41-20)44-34(43-31)49-16-35-7-4-8-46(35)13-19(36)12-35/h1,5-6,9,11,19-20,25-26,41,47H,4,7-8,10,12-16H2,2H3/q-1/t19-,20?,25?,26?,35+/m0/s1. The van der Waals surface area contributed by atoms with Crippen molar-refractivity contribution in [2.24, 2.45) is 0 Å². The number of halogens is 4. The molecule has 4 aliphatic heterocycles. The number of rotatable bonds is 7. The Morgan fingerprint density at radius 1 is 1.18 bits per heavy atom. The van der Waals surface area contributed by atoms with Crippen LogP contribution < -0.4 is 40.9 Å². The van der Waals surface area contributed by atoms with Crippen molar-refractivity contribution >= 4 is 27.5 Å². The van der Waals surface area contributed by atoms with Gasteiger partial charge in [-0.05, 0) is 12.1 Å². The van der Waals surface area contributed by atoms with Gasteiger partial charge in [0.15, 0.2) is 0 Å². The van der Waals surface area contributed by atoms with Gasteiger partial charge < -0.3 is 5.11 Å². The van der Waals surface area contributed by atoms with Crippen LogP contribution in [-0.4, -0.2) is 92.6 Å². The molecule has 254 valence electrons. The van der Waals surface area contributed by atoms with Crippen molar-refractivity contribution in [2.75, 3.05) is 44.8 Å². The van der Waals surface area contributed by atoms with E-state index in [0.717, 1.165) is 25.8 Å². The summed E-state index contributed by atoms with van der Waals surface area (Å²) in [5, 5.41) is 24.5. The number of aromatic hydroxyl groups is 1. The first-order valence-electron chi connectivity index (χ1n) is 16.1. The molecular formula is C35H32F3IN7O3-. The number of aromatic nitrogens is 3. The molecule has 8 rings (SSSR count). The first-order chi connectivity index (χ1) is 23.7. The van der Waals surface area contributed by atoms with Crippen molar-refractivity contribution < 1.29 is 49.0 Å². The van der Waals surface area contributed by atoms with Crippen molar-refractivity contribution in [3.63, 3.8) is 0 Å². The van der Waals surface area contributed by atoms with E-state index in [2.05, 4.69) is 30.2 Å². The molecule has 0 saturated carbocycles. The molecule has 4 aliphatic rings. The Labute approximate surface area is 290 Å². The fourth-order valence-electron chi connectivity index (χ4n) is 8.26. The second kappa shape index (κ2) is 12.3. The number of hydrogen-bond donors (Lipinski definition) is 2. The summed E-state index contributed by atoms with van der Waals surface area (Å²) in [7, 11) is 1.40. The number of ether oxygens (including phenoxy) is 2. The quantitative estimate of drug-likeness (QED) is 0.161. The minimum absolute atomic E-state index is 0.0200. The molecule has 5 atom stereocenters. The Balaban J connectivity index is 1.31. The summed E-state index contributed by atoms with van der Waals surface area (Å²) in [5.41, 5.74) is -0.921. The van der Waals surface area contributed by atoms with Gasteiger partial charge in [0.25, 0.3) is 0 Å².